The molecule has 0 bridgehead atoms. The van der Waals surface area contributed by atoms with Crippen molar-refractivity contribution >= 4 is 0 Å². The van der Waals surface area contributed by atoms with Gasteiger partial charge in [0.2, 0.25) is 0 Å². The van der Waals surface area contributed by atoms with Crippen LogP contribution in [0.1, 0.15) is 11.6 Å². The van der Waals surface area contributed by atoms with E-state index in [9.17, 15) is 17.6 Å². The van der Waals surface area contributed by atoms with Gasteiger partial charge in [-0.2, -0.15) is 13.2 Å². The molecule has 108 valence electrons. The first-order valence-corrected chi connectivity index (χ1v) is 5.14. The number of alkyl halides is 3. The van der Waals surface area contributed by atoms with Gasteiger partial charge in [-0.3, -0.25) is 0 Å². The first-order valence-electron chi connectivity index (χ1n) is 5.14. The highest BCUT2D eigenvalue weighted by Gasteiger charge is 2.43. The average molecular weight is 283 g/mol. The lowest BCUT2D eigenvalue weighted by Crippen LogP contribution is -2.39. The van der Waals surface area contributed by atoms with Crippen LogP contribution in [0.2, 0.25) is 0 Å². The Morgan fingerprint density at radius 1 is 1.16 bits per heavy atom. The molecule has 0 aliphatic carbocycles. The van der Waals surface area contributed by atoms with Crippen molar-refractivity contribution in [1.29, 1.82) is 0 Å². The SMILES string of the molecule is COc1cc(F)c([C@@H](N)[C@@H](O)C(F)(F)F)cc1OC. The molecule has 0 aliphatic heterocycles. The Bertz CT molecular complexity index is 450. The Labute approximate surface area is 106 Å². The third-order valence-corrected chi connectivity index (χ3v) is 2.54. The molecule has 0 radical (unpaired) electrons. The van der Waals surface area contributed by atoms with Crippen molar-refractivity contribution in [2.45, 2.75) is 18.3 Å². The first kappa shape index (κ1) is 15.5. The average Bonchev–Trinajstić information content (AvgIpc) is 2.35. The fourth-order valence-electron chi connectivity index (χ4n) is 1.50. The zero-order valence-electron chi connectivity index (χ0n) is 10.2. The molecule has 0 spiro atoms. The van der Waals surface area contributed by atoms with E-state index in [0.29, 0.717) is 0 Å². The molecular formula is C11H13F4NO3. The number of hydrogen-bond acceptors (Lipinski definition) is 4. The van der Waals surface area contributed by atoms with Crippen LogP contribution in [-0.4, -0.2) is 31.6 Å². The van der Waals surface area contributed by atoms with Crippen molar-refractivity contribution in [3.8, 4) is 11.5 Å². The summed E-state index contributed by atoms with van der Waals surface area (Å²) < 4.78 is 60.3. The van der Waals surface area contributed by atoms with Crippen molar-refractivity contribution in [3.63, 3.8) is 0 Å². The van der Waals surface area contributed by atoms with Crippen LogP contribution in [0.25, 0.3) is 0 Å². The molecule has 1 aromatic carbocycles. The predicted molar refractivity (Wildman–Crippen MR) is 58.5 cm³/mol. The normalized spacial score (nSPS) is 14.9. The number of nitrogens with two attached hydrogens (primary N) is 1. The molecule has 0 fully saturated rings. The van der Waals surface area contributed by atoms with E-state index in [-0.39, 0.29) is 11.5 Å². The standard InChI is InChI=1S/C11H13F4NO3/c1-18-7-3-5(6(12)4-8(7)19-2)9(16)10(17)11(13,14)15/h3-4,9-10,17H,16H2,1-2H3/t9-,10-/m1/s1. The van der Waals surface area contributed by atoms with Crippen LogP contribution in [0.5, 0.6) is 11.5 Å². The second-order valence-electron chi connectivity index (χ2n) is 3.74. The van der Waals surface area contributed by atoms with E-state index in [1.54, 1.807) is 0 Å². The lowest BCUT2D eigenvalue weighted by Gasteiger charge is -2.22. The molecule has 3 N–H and O–H groups in total. The number of methoxy groups -OCH3 is 2. The molecule has 0 aromatic heterocycles. The van der Waals surface area contributed by atoms with E-state index >= 15 is 0 Å². The third-order valence-electron chi connectivity index (χ3n) is 2.54. The number of rotatable bonds is 4. The molecule has 1 aromatic rings. The van der Waals surface area contributed by atoms with E-state index in [1.165, 1.54) is 14.2 Å². The summed E-state index contributed by atoms with van der Waals surface area (Å²) >= 11 is 0. The lowest BCUT2D eigenvalue weighted by molar-refractivity contribution is -0.210. The van der Waals surface area contributed by atoms with Crippen LogP contribution in [0, 0.1) is 5.82 Å². The Balaban J connectivity index is 3.20. The molecule has 19 heavy (non-hydrogen) atoms. The summed E-state index contributed by atoms with van der Waals surface area (Å²) in [4.78, 5) is 0. The number of aliphatic hydroxyl groups is 1. The van der Waals surface area contributed by atoms with Gasteiger partial charge in [0, 0.05) is 11.6 Å². The molecule has 0 saturated carbocycles. The van der Waals surface area contributed by atoms with E-state index in [0.717, 1.165) is 12.1 Å². The highest BCUT2D eigenvalue weighted by Crippen LogP contribution is 2.35. The number of ether oxygens (including phenoxy) is 2. The molecular weight excluding hydrogens is 270 g/mol. The van der Waals surface area contributed by atoms with Crippen molar-refractivity contribution in [2.24, 2.45) is 5.73 Å². The molecule has 0 unspecified atom stereocenters. The summed E-state index contributed by atoms with van der Waals surface area (Å²) in [6.45, 7) is 0. The van der Waals surface area contributed by atoms with Gasteiger partial charge >= 0.3 is 6.18 Å². The van der Waals surface area contributed by atoms with Gasteiger partial charge in [-0.15, -0.1) is 0 Å². The highest BCUT2D eigenvalue weighted by molar-refractivity contribution is 5.45. The second kappa shape index (κ2) is 5.62. The van der Waals surface area contributed by atoms with Gasteiger partial charge < -0.3 is 20.3 Å². The fourth-order valence-corrected chi connectivity index (χ4v) is 1.50. The fraction of sp³-hybridized carbons (Fsp3) is 0.455. The molecule has 0 heterocycles. The van der Waals surface area contributed by atoms with Crippen LogP contribution in [0.15, 0.2) is 12.1 Å². The van der Waals surface area contributed by atoms with Crippen molar-refractivity contribution in [1.82, 2.24) is 0 Å². The molecule has 0 aliphatic rings. The summed E-state index contributed by atoms with van der Waals surface area (Å²) in [5.74, 6) is -0.991. The summed E-state index contributed by atoms with van der Waals surface area (Å²) in [6.07, 6.45) is -7.82. The number of halogens is 4. The molecule has 2 atom stereocenters. The molecule has 4 nitrogen and oxygen atoms in total. The Kier molecular flexibility index (Phi) is 4.59. The monoisotopic (exact) mass is 283 g/mol. The minimum Gasteiger partial charge on any atom is -0.493 e. The summed E-state index contributed by atoms with van der Waals surface area (Å²) in [5.41, 5.74) is 4.72. The Morgan fingerprint density at radius 2 is 1.63 bits per heavy atom. The lowest BCUT2D eigenvalue weighted by atomic mass is 10.0. The Hall–Kier alpha value is -1.54. The second-order valence-corrected chi connectivity index (χ2v) is 3.74. The van der Waals surface area contributed by atoms with Gasteiger partial charge in [-0.1, -0.05) is 0 Å². The number of benzene rings is 1. The van der Waals surface area contributed by atoms with E-state index in [1.807, 2.05) is 0 Å². The summed E-state index contributed by atoms with van der Waals surface area (Å²) in [5, 5.41) is 9.03. The minimum absolute atomic E-state index is 0.0115. The van der Waals surface area contributed by atoms with E-state index in [2.05, 4.69) is 0 Å². The van der Waals surface area contributed by atoms with Gasteiger partial charge in [0.05, 0.1) is 20.3 Å². The van der Waals surface area contributed by atoms with Crippen LogP contribution >= 0.6 is 0 Å². The number of hydrogen-bond donors (Lipinski definition) is 2. The van der Waals surface area contributed by atoms with Gasteiger partial charge in [0.1, 0.15) is 5.82 Å². The van der Waals surface area contributed by atoms with Crippen molar-refractivity contribution in [3.05, 3.63) is 23.5 Å². The quantitative estimate of drug-likeness (QED) is 0.827. The van der Waals surface area contributed by atoms with Crippen LogP contribution in [0.3, 0.4) is 0 Å². The predicted octanol–water partition coefficient (Wildman–Crippen LogP) is 1.77. The van der Waals surface area contributed by atoms with Gasteiger partial charge in [-0.25, -0.2) is 4.39 Å². The maximum atomic E-state index is 13.7. The Morgan fingerprint density at radius 3 is 2.05 bits per heavy atom. The maximum absolute atomic E-state index is 13.7. The van der Waals surface area contributed by atoms with Crippen molar-refractivity contribution in [2.75, 3.05) is 14.2 Å². The summed E-state index contributed by atoms with van der Waals surface area (Å²) in [6, 6.07) is -0.148. The van der Waals surface area contributed by atoms with E-state index in [4.69, 9.17) is 20.3 Å². The van der Waals surface area contributed by atoms with Crippen LogP contribution in [-0.2, 0) is 0 Å². The van der Waals surface area contributed by atoms with Crippen molar-refractivity contribution < 1.29 is 32.1 Å². The zero-order chi connectivity index (χ0) is 14.8. The van der Waals surface area contributed by atoms with Crippen LogP contribution in [0.4, 0.5) is 17.6 Å². The minimum atomic E-state index is -4.95. The maximum Gasteiger partial charge on any atom is 0.416 e. The van der Waals surface area contributed by atoms with Gasteiger partial charge in [0.15, 0.2) is 17.6 Å². The topological polar surface area (TPSA) is 64.7 Å². The molecule has 0 saturated heterocycles. The zero-order valence-corrected chi connectivity index (χ0v) is 10.2. The smallest absolute Gasteiger partial charge is 0.416 e. The number of aliphatic hydroxyl groups excluding tert-OH is 1. The molecule has 1 rings (SSSR count). The highest BCUT2D eigenvalue weighted by atomic mass is 19.4. The largest absolute Gasteiger partial charge is 0.493 e. The van der Waals surface area contributed by atoms with Gasteiger partial charge in [0.25, 0.3) is 0 Å². The molecule has 0 amide bonds. The third kappa shape index (κ3) is 3.27. The van der Waals surface area contributed by atoms with E-state index < -0.39 is 29.7 Å². The van der Waals surface area contributed by atoms with Gasteiger partial charge in [-0.05, 0) is 6.07 Å². The van der Waals surface area contributed by atoms with Crippen LogP contribution < -0.4 is 15.2 Å². The first-order chi connectivity index (χ1) is 8.72. The molecule has 8 heteroatoms. The summed E-state index contributed by atoms with van der Waals surface area (Å²) in [7, 11) is 2.49.